The van der Waals surface area contributed by atoms with Gasteiger partial charge in [-0.15, -0.1) is 21.5 Å². The van der Waals surface area contributed by atoms with Crippen LogP contribution in [0.25, 0.3) is 16.8 Å². The summed E-state index contributed by atoms with van der Waals surface area (Å²) in [5.74, 6) is 0.429. The lowest BCUT2D eigenvalue weighted by Crippen LogP contribution is -2.24. The van der Waals surface area contributed by atoms with Gasteiger partial charge in [-0.1, -0.05) is 24.3 Å². The van der Waals surface area contributed by atoms with Crippen molar-refractivity contribution in [2.45, 2.75) is 6.54 Å². The lowest BCUT2D eigenvalue weighted by Gasteiger charge is -2.10. The highest BCUT2D eigenvalue weighted by atomic mass is 32.1. The van der Waals surface area contributed by atoms with Crippen LogP contribution < -0.4 is 10.1 Å². The summed E-state index contributed by atoms with van der Waals surface area (Å²) in [7, 11) is 1.61. The van der Waals surface area contributed by atoms with Gasteiger partial charge in [0.1, 0.15) is 17.8 Å². The van der Waals surface area contributed by atoms with E-state index in [2.05, 4.69) is 20.6 Å². The Balaban J connectivity index is 1.74. The zero-order valence-corrected chi connectivity index (χ0v) is 14.7. The zero-order valence-electron chi connectivity index (χ0n) is 13.9. The van der Waals surface area contributed by atoms with E-state index in [0.29, 0.717) is 17.9 Å². The maximum absolute atomic E-state index is 12.6. The molecule has 130 valence electrons. The van der Waals surface area contributed by atoms with Crippen molar-refractivity contribution in [3.8, 4) is 16.9 Å². The highest BCUT2D eigenvalue weighted by Gasteiger charge is 2.17. The lowest BCUT2D eigenvalue weighted by atomic mass is 10.1. The Morgan fingerprint density at radius 1 is 1.23 bits per heavy atom. The van der Waals surface area contributed by atoms with Crippen LogP contribution >= 0.6 is 11.3 Å². The summed E-state index contributed by atoms with van der Waals surface area (Å²) in [6.07, 6.45) is 1.48. The van der Waals surface area contributed by atoms with Crippen molar-refractivity contribution < 1.29 is 9.53 Å². The molecule has 0 saturated heterocycles. The van der Waals surface area contributed by atoms with E-state index in [9.17, 15) is 4.79 Å². The van der Waals surface area contributed by atoms with E-state index < -0.39 is 0 Å². The molecule has 0 saturated carbocycles. The summed E-state index contributed by atoms with van der Waals surface area (Å²) >= 11 is 1.59. The number of benzene rings is 1. The quantitative estimate of drug-likeness (QED) is 0.588. The number of hydrogen-bond acceptors (Lipinski definition) is 6. The molecule has 0 atom stereocenters. The third kappa shape index (κ3) is 3.02. The fourth-order valence-electron chi connectivity index (χ4n) is 2.67. The molecule has 0 unspecified atom stereocenters. The van der Waals surface area contributed by atoms with Crippen LogP contribution in [0, 0.1) is 0 Å². The van der Waals surface area contributed by atoms with Crippen LogP contribution in [0.2, 0.25) is 0 Å². The lowest BCUT2D eigenvalue weighted by molar-refractivity contribution is 0.0945. The minimum absolute atomic E-state index is 0.259. The van der Waals surface area contributed by atoms with E-state index in [4.69, 9.17) is 4.74 Å². The van der Waals surface area contributed by atoms with Crippen LogP contribution in [0.1, 0.15) is 15.4 Å². The maximum atomic E-state index is 12.6. The van der Waals surface area contributed by atoms with Crippen LogP contribution in [0.5, 0.6) is 5.75 Å². The number of nitrogens with one attached hydrogen (secondary N) is 1. The fourth-order valence-corrected chi connectivity index (χ4v) is 3.32. The molecular weight excluding hydrogens is 350 g/mol. The predicted octanol–water partition coefficient (Wildman–Crippen LogP) is 2.79. The fraction of sp³-hybridized carbons (Fsp3) is 0.111. The second kappa shape index (κ2) is 6.93. The normalized spacial score (nSPS) is 10.8. The summed E-state index contributed by atoms with van der Waals surface area (Å²) in [5, 5.41) is 17.2. The van der Waals surface area contributed by atoms with Gasteiger partial charge < -0.3 is 10.1 Å². The number of aromatic nitrogens is 4. The van der Waals surface area contributed by atoms with Gasteiger partial charge in [0, 0.05) is 16.0 Å². The minimum atomic E-state index is -0.259. The van der Waals surface area contributed by atoms with Crippen molar-refractivity contribution in [3.05, 3.63) is 64.7 Å². The van der Waals surface area contributed by atoms with Gasteiger partial charge in [-0.25, -0.2) is 0 Å². The second-order valence-corrected chi connectivity index (χ2v) is 6.54. The third-order valence-corrected chi connectivity index (χ3v) is 4.78. The predicted molar refractivity (Wildman–Crippen MR) is 98.3 cm³/mol. The summed E-state index contributed by atoms with van der Waals surface area (Å²) in [4.78, 5) is 13.7. The molecule has 0 aliphatic carbocycles. The molecule has 0 bridgehead atoms. The van der Waals surface area contributed by atoms with E-state index in [1.807, 2.05) is 41.8 Å². The average Bonchev–Trinajstić information content (AvgIpc) is 3.36. The largest absolute Gasteiger partial charge is 0.496 e. The molecule has 0 radical (unpaired) electrons. The molecule has 0 aliphatic heterocycles. The van der Waals surface area contributed by atoms with Gasteiger partial charge in [0.05, 0.1) is 13.7 Å². The number of ether oxygens (including phenoxy) is 1. The standard InChI is InChI=1S/C18H15N5O2S/c1-25-16-7-3-2-6-13(16)14-9-15(22-23-11-20-21-17(14)23)18(24)19-10-12-5-4-8-26-12/h2-9,11H,10H2,1H3,(H,19,24). The summed E-state index contributed by atoms with van der Waals surface area (Å²) in [6.45, 7) is 0.461. The van der Waals surface area contributed by atoms with Gasteiger partial charge in [0.2, 0.25) is 0 Å². The van der Waals surface area contributed by atoms with Gasteiger partial charge in [-0.2, -0.15) is 9.61 Å². The topological polar surface area (TPSA) is 81.4 Å². The molecule has 0 fully saturated rings. The summed E-state index contributed by atoms with van der Waals surface area (Å²) in [5.41, 5.74) is 2.40. The molecule has 7 nitrogen and oxygen atoms in total. The van der Waals surface area contributed by atoms with Crippen LogP contribution in [0.4, 0.5) is 0 Å². The number of hydrogen-bond donors (Lipinski definition) is 1. The third-order valence-electron chi connectivity index (χ3n) is 3.90. The van der Waals surface area contributed by atoms with Gasteiger partial charge in [0.15, 0.2) is 5.65 Å². The molecule has 3 heterocycles. The zero-order chi connectivity index (χ0) is 17.9. The Bertz CT molecular complexity index is 1060. The number of carbonyl (C=O) groups excluding carboxylic acids is 1. The van der Waals surface area contributed by atoms with Crippen molar-refractivity contribution in [2.24, 2.45) is 0 Å². The molecule has 1 N–H and O–H groups in total. The molecule has 0 spiro atoms. The number of fused-ring (bicyclic) bond motifs is 1. The Hall–Kier alpha value is -3.26. The van der Waals surface area contributed by atoms with Crippen LogP contribution in [0.3, 0.4) is 0 Å². The smallest absolute Gasteiger partial charge is 0.272 e. The van der Waals surface area contributed by atoms with E-state index >= 15 is 0 Å². The highest BCUT2D eigenvalue weighted by molar-refractivity contribution is 7.09. The first-order chi connectivity index (χ1) is 12.8. The van der Waals surface area contributed by atoms with Crippen LogP contribution in [0.15, 0.2) is 54.2 Å². The van der Waals surface area contributed by atoms with Crippen molar-refractivity contribution in [1.82, 2.24) is 25.1 Å². The molecule has 4 rings (SSSR count). The first-order valence-electron chi connectivity index (χ1n) is 7.91. The van der Waals surface area contributed by atoms with Crippen LogP contribution in [-0.4, -0.2) is 32.8 Å². The number of carbonyl (C=O) groups is 1. The maximum Gasteiger partial charge on any atom is 0.272 e. The Morgan fingerprint density at radius 3 is 2.92 bits per heavy atom. The molecule has 4 aromatic rings. The molecular formula is C18H15N5O2S. The van der Waals surface area contributed by atoms with E-state index in [1.54, 1.807) is 24.5 Å². The van der Waals surface area contributed by atoms with E-state index in [1.165, 1.54) is 10.8 Å². The average molecular weight is 365 g/mol. The van der Waals surface area contributed by atoms with Crippen LogP contribution in [-0.2, 0) is 6.54 Å². The van der Waals surface area contributed by atoms with E-state index in [-0.39, 0.29) is 11.6 Å². The highest BCUT2D eigenvalue weighted by Crippen LogP contribution is 2.32. The minimum Gasteiger partial charge on any atom is -0.496 e. The van der Waals surface area contributed by atoms with Gasteiger partial charge in [-0.3, -0.25) is 4.79 Å². The number of thiophene rings is 1. The van der Waals surface area contributed by atoms with E-state index in [0.717, 1.165) is 16.0 Å². The number of rotatable bonds is 5. The Morgan fingerprint density at radius 2 is 2.12 bits per heavy atom. The van der Waals surface area contributed by atoms with Crippen molar-refractivity contribution >= 4 is 22.9 Å². The molecule has 26 heavy (non-hydrogen) atoms. The van der Waals surface area contributed by atoms with Gasteiger partial charge >= 0.3 is 0 Å². The first-order valence-corrected chi connectivity index (χ1v) is 8.79. The number of amides is 1. The van der Waals surface area contributed by atoms with Gasteiger partial charge in [-0.05, 0) is 23.6 Å². The number of methoxy groups -OCH3 is 1. The van der Waals surface area contributed by atoms with Crippen molar-refractivity contribution in [1.29, 1.82) is 0 Å². The van der Waals surface area contributed by atoms with Crippen molar-refractivity contribution in [2.75, 3.05) is 7.11 Å². The molecule has 1 aromatic carbocycles. The monoisotopic (exact) mass is 365 g/mol. The Labute approximate surface area is 153 Å². The second-order valence-electron chi connectivity index (χ2n) is 5.50. The molecule has 0 aliphatic rings. The SMILES string of the molecule is COc1ccccc1-c1cc(C(=O)NCc2cccs2)nn2cnnc12. The summed E-state index contributed by atoms with van der Waals surface area (Å²) < 4.78 is 6.95. The molecule has 8 heteroatoms. The number of para-hydroxylation sites is 1. The summed E-state index contributed by atoms with van der Waals surface area (Å²) in [6, 6.07) is 13.2. The first kappa shape index (κ1) is 16.2. The molecule has 1 amide bonds. The Kier molecular flexibility index (Phi) is 4.32. The van der Waals surface area contributed by atoms with Crippen molar-refractivity contribution in [3.63, 3.8) is 0 Å². The molecule has 3 aromatic heterocycles. The number of nitrogens with zero attached hydrogens (tertiary/aromatic N) is 4. The van der Waals surface area contributed by atoms with Gasteiger partial charge in [0.25, 0.3) is 5.91 Å².